The molecule has 1 atom stereocenters. The van der Waals surface area contributed by atoms with Gasteiger partial charge in [-0.2, -0.15) is 0 Å². The van der Waals surface area contributed by atoms with Gasteiger partial charge in [-0.05, 0) is 74.9 Å². The van der Waals surface area contributed by atoms with E-state index in [0.717, 1.165) is 47.7 Å². The monoisotopic (exact) mass is 472 g/mol. The zero-order chi connectivity index (χ0) is 25.3. The van der Waals surface area contributed by atoms with E-state index in [9.17, 15) is 9.59 Å². The molecule has 0 saturated heterocycles. The van der Waals surface area contributed by atoms with E-state index in [1.165, 1.54) is 0 Å². The van der Waals surface area contributed by atoms with Crippen LogP contribution in [0.3, 0.4) is 0 Å². The maximum Gasteiger partial charge on any atom is 0.255 e. The Kier molecular flexibility index (Phi) is 6.84. The average Bonchev–Trinajstić information content (AvgIpc) is 2.78. The Labute approximate surface area is 208 Å². The Morgan fingerprint density at radius 2 is 1.80 bits per heavy atom. The number of nitrogens with one attached hydrogen (secondary N) is 2. The maximum absolute atomic E-state index is 13.7. The summed E-state index contributed by atoms with van der Waals surface area (Å²) in [6.07, 6.45) is 2.92. The molecule has 1 aliphatic heterocycles. The molecule has 1 unspecified atom stereocenters. The SMILES string of the molecule is CCN(CC)c1ccc(C2C(C(=O)Nc3cc(C)ccn3)=C(C)NC3=C2C(=O)CC(C)(C)C3)cc1. The predicted molar refractivity (Wildman–Crippen MR) is 141 cm³/mol. The summed E-state index contributed by atoms with van der Waals surface area (Å²) in [5.41, 5.74) is 5.97. The van der Waals surface area contributed by atoms with Crippen LogP contribution in [0.2, 0.25) is 0 Å². The Bertz CT molecular complexity index is 1200. The van der Waals surface area contributed by atoms with Gasteiger partial charge < -0.3 is 15.5 Å². The molecule has 0 radical (unpaired) electrons. The molecule has 4 rings (SSSR count). The number of aromatic nitrogens is 1. The van der Waals surface area contributed by atoms with E-state index in [-0.39, 0.29) is 17.1 Å². The molecule has 2 N–H and O–H groups in total. The van der Waals surface area contributed by atoms with Gasteiger partial charge >= 0.3 is 0 Å². The minimum Gasteiger partial charge on any atom is -0.372 e. The van der Waals surface area contributed by atoms with Crippen molar-refractivity contribution >= 4 is 23.2 Å². The number of pyridine rings is 1. The number of nitrogens with zero attached hydrogens (tertiary/aromatic N) is 2. The molecular formula is C29H36N4O2. The average molecular weight is 473 g/mol. The molecule has 1 amide bonds. The number of Topliss-reactive ketones (excluding diaryl/α,β-unsaturated/α-hetero) is 1. The van der Waals surface area contributed by atoms with Crippen LogP contribution >= 0.6 is 0 Å². The Hall–Kier alpha value is -3.41. The van der Waals surface area contributed by atoms with E-state index < -0.39 is 5.92 Å². The predicted octanol–water partition coefficient (Wildman–Crippen LogP) is 5.48. The van der Waals surface area contributed by atoms with Crippen LogP contribution < -0.4 is 15.5 Å². The zero-order valence-electron chi connectivity index (χ0n) is 21.7. The van der Waals surface area contributed by atoms with Crippen LogP contribution in [0.4, 0.5) is 11.5 Å². The summed E-state index contributed by atoms with van der Waals surface area (Å²) >= 11 is 0. The van der Waals surface area contributed by atoms with Gasteiger partial charge in [0.1, 0.15) is 5.82 Å². The topological polar surface area (TPSA) is 74.3 Å². The highest BCUT2D eigenvalue weighted by atomic mass is 16.2. The van der Waals surface area contributed by atoms with Crippen molar-refractivity contribution in [1.29, 1.82) is 0 Å². The van der Waals surface area contributed by atoms with Crippen LogP contribution in [0.1, 0.15) is 64.5 Å². The first-order valence-electron chi connectivity index (χ1n) is 12.5. The summed E-state index contributed by atoms with van der Waals surface area (Å²) in [4.78, 5) is 33.7. The Balaban J connectivity index is 1.79. The number of carbonyl (C=O) groups is 2. The highest BCUT2D eigenvalue weighted by molar-refractivity contribution is 6.09. The van der Waals surface area contributed by atoms with Gasteiger partial charge in [-0.25, -0.2) is 4.98 Å². The molecule has 184 valence electrons. The van der Waals surface area contributed by atoms with Crippen molar-refractivity contribution in [2.75, 3.05) is 23.3 Å². The molecule has 2 aromatic rings. The number of hydrogen-bond donors (Lipinski definition) is 2. The van der Waals surface area contributed by atoms with Crippen LogP contribution in [0.5, 0.6) is 0 Å². The molecule has 35 heavy (non-hydrogen) atoms. The number of carbonyl (C=O) groups excluding carboxylic acids is 2. The van der Waals surface area contributed by atoms with Gasteiger partial charge in [0.2, 0.25) is 0 Å². The lowest BCUT2D eigenvalue weighted by Crippen LogP contribution is -2.39. The Morgan fingerprint density at radius 1 is 1.11 bits per heavy atom. The van der Waals surface area contributed by atoms with E-state index in [0.29, 0.717) is 23.4 Å². The smallest absolute Gasteiger partial charge is 0.255 e. The minimum atomic E-state index is -0.426. The molecule has 1 aliphatic carbocycles. The van der Waals surface area contributed by atoms with E-state index in [2.05, 4.69) is 72.5 Å². The fraction of sp³-hybridized carbons (Fsp3) is 0.414. The third kappa shape index (κ3) is 5.02. The zero-order valence-corrected chi connectivity index (χ0v) is 21.7. The second kappa shape index (κ2) is 9.68. The van der Waals surface area contributed by atoms with Gasteiger partial charge in [0, 0.05) is 59.9 Å². The molecule has 1 aromatic heterocycles. The number of rotatable bonds is 6. The number of anilines is 2. The highest BCUT2D eigenvalue weighted by Crippen LogP contribution is 2.46. The first-order chi connectivity index (χ1) is 16.6. The summed E-state index contributed by atoms with van der Waals surface area (Å²) in [7, 11) is 0. The molecule has 0 fully saturated rings. The lowest BCUT2D eigenvalue weighted by molar-refractivity contribution is -0.118. The number of ketones is 1. The summed E-state index contributed by atoms with van der Waals surface area (Å²) in [6, 6.07) is 12.0. The summed E-state index contributed by atoms with van der Waals surface area (Å²) in [5, 5.41) is 6.40. The van der Waals surface area contributed by atoms with Crippen LogP contribution in [0, 0.1) is 12.3 Å². The van der Waals surface area contributed by atoms with Crippen molar-refractivity contribution in [3.05, 3.63) is 76.3 Å². The van der Waals surface area contributed by atoms with E-state index in [1.807, 2.05) is 26.0 Å². The van der Waals surface area contributed by atoms with Crippen LogP contribution in [0.15, 0.2) is 65.1 Å². The van der Waals surface area contributed by atoms with Gasteiger partial charge in [-0.15, -0.1) is 0 Å². The number of dihydropyridines is 1. The standard InChI is InChI=1S/C29H36N4O2/c1-7-33(8-2)21-11-9-20(10-12-21)26-25(28(35)32-24-15-18(3)13-14-30-24)19(4)31-22-16-29(5,6)17-23(34)27(22)26/h9-15,26,31H,7-8,16-17H2,1-6H3,(H,30,32,35). The number of allylic oxidation sites excluding steroid dienone is 3. The number of amides is 1. The van der Waals surface area contributed by atoms with Crippen molar-refractivity contribution in [1.82, 2.24) is 10.3 Å². The molecule has 6 nitrogen and oxygen atoms in total. The van der Waals surface area contributed by atoms with Crippen molar-refractivity contribution in [2.45, 2.75) is 60.3 Å². The normalized spacial score (nSPS) is 19.3. The first kappa shape index (κ1) is 24.7. The lowest BCUT2D eigenvalue weighted by Gasteiger charge is -2.39. The molecular weight excluding hydrogens is 436 g/mol. The van der Waals surface area contributed by atoms with E-state index >= 15 is 0 Å². The lowest BCUT2D eigenvalue weighted by atomic mass is 9.68. The third-order valence-electron chi connectivity index (χ3n) is 7.00. The quantitative estimate of drug-likeness (QED) is 0.582. The van der Waals surface area contributed by atoms with Crippen LogP contribution in [-0.4, -0.2) is 29.8 Å². The largest absolute Gasteiger partial charge is 0.372 e. The first-order valence-corrected chi connectivity index (χ1v) is 12.5. The van der Waals surface area contributed by atoms with Gasteiger partial charge in [0.05, 0.1) is 0 Å². The molecule has 0 spiro atoms. The number of benzene rings is 1. The molecule has 6 heteroatoms. The molecule has 0 saturated carbocycles. The second-order valence-electron chi connectivity index (χ2n) is 10.4. The Morgan fingerprint density at radius 3 is 2.43 bits per heavy atom. The molecule has 2 heterocycles. The summed E-state index contributed by atoms with van der Waals surface area (Å²) in [6.45, 7) is 14.2. The van der Waals surface area contributed by atoms with Crippen LogP contribution in [0.25, 0.3) is 0 Å². The molecule has 2 aliphatic rings. The third-order valence-corrected chi connectivity index (χ3v) is 7.00. The van der Waals surface area contributed by atoms with Crippen molar-refractivity contribution in [3.63, 3.8) is 0 Å². The fourth-order valence-electron chi connectivity index (χ4n) is 5.32. The van der Waals surface area contributed by atoms with Crippen molar-refractivity contribution < 1.29 is 9.59 Å². The van der Waals surface area contributed by atoms with E-state index in [4.69, 9.17) is 0 Å². The van der Waals surface area contributed by atoms with Gasteiger partial charge in [0.15, 0.2) is 5.78 Å². The number of aryl methyl sites for hydroxylation is 1. The van der Waals surface area contributed by atoms with Crippen LogP contribution in [-0.2, 0) is 9.59 Å². The highest BCUT2D eigenvalue weighted by Gasteiger charge is 2.42. The van der Waals surface area contributed by atoms with Gasteiger partial charge in [-0.3, -0.25) is 9.59 Å². The minimum absolute atomic E-state index is 0.105. The maximum atomic E-state index is 13.7. The van der Waals surface area contributed by atoms with Gasteiger partial charge in [-0.1, -0.05) is 26.0 Å². The van der Waals surface area contributed by atoms with Crippen molar-refractivity contribution in [3.8, 4) is 0 Å². The van der Waals surface area contributed by atoms with Crippen molar-refractivity contribution in [2.24, 2.45) is 5.41 Å². The summed E-state index contributed by atoms with van der Waals surface area (Å²) in [5.74, 6) is -0.0598. The molecule has 0 bridgehead atoms. The summed E-state index contributed by atoms with van der Waals surface area (Å²) < 4.78 is 0. The van der Waals surface area contributed by atoms with Gasteiger partial charge in [0.25, 0.3) is 5.91 Å². The molecule has 1 aromatic carbocycles. The number of hydrogen-bond acceptors (Lipinski definition) is 5. The fourth-order valence-corrected chi connectivity index (χ4v) is 5.32. The second-order valence-corrected chi connectivity index (χ2v) is 10.4. The van der Waals surface area contributed by atoms with E-state index in [1.54, 1.807) is 6.20 Å².